The normalized spacial score (nSPS) is 25.5. The van der Waals surface area contributed by atoms with E-state index in [0.29, 0.717) is 18.1 Å². The zero-order valence-electron chi connectivity index (χ0n) is 19.7. The molecule has 0 bridgehead atoms. The highest BCUT2D eigenvalue weighted by Gasteiger charge is 2.33. The molecule has 7 heteroatoms. The molecule has 0 radical (unpaired) electrons. The van der Waals surface area contributed by atoms with Crippen LogP contribution in [-0.4, -0.2) is 76.7 Å². The van der Waals surface area contributed by atoms with E-state index in [-0.39, 0.29) is 0 Å². The highest BCUT2D eigenvalue weighted by atomic mass is 16.5. The van der Waals surface area contributed by atoms with Gasteiger partial charge in [0.2, 0.25) is 0 Å². The van der Waals surface area contributed by atoms with Crippen molar-refractivity contribution in [1.82, 2.24) is 24.2 Å². The van der Waals surface area contributed by atoms with E-state index >= 15 is 0 Å². The van der Waals surface area contributed by atoms with E-state index in [4.69, 9.17) is 14.7 Å². The van der Waals surface area contributed by atoms with Crippen LogP contribution >= 0.6 is 0 Å². The van der Waals surface area contributed by atoms with Crippen molar-refractivity contribution in [3.05, 3.63) is 59.7 Å². The molecule has 0 spiro atoms. The number of rotatable bonds is 4. The SMILES string of the molecule is Cc1cccnc1[C@@H]1CCCC(c2cn3c(N4CCN(C5COC5)CC4)cccc3n2)N1C. The molecule has 0 amide bonds. The van der Waals surface area contributed by atoms with Crippen LogP contribution in [0.5, 0.6) is 0 Å². The van der Waals surface area contributed by atoms with Crippen molar-refractivity contribution in [2.45, 2.75) is 44.3 Å². The summed E-state index contributed by atoms with van der Waals surface area (Å²) in [5.74, 6) is 1.26. The summed E-state index contributed by atoms with van der Waals surface area (Å²) >= 11 is 0. The molecule has 0 aromatic carbocycles. The number of hydrogen-bond donors (Lipinski definition) is 0. The number of fused-ring (bicyclic) bond motifs is 1. The van der Waals surface area contributed by atoms with E-state index in [1.807, 2.05) is 12.3 Å². The Labute approximate surface area is 196 Å². The molecule has 174 valence electrons. The van der Waals surface area contributed by atoms with Gasteiger partial charge in [0.05, 0.1) is 42.7 Å². The molecule has 0 saturated carbocycles. The second-order valence-electron chi connectivity index (χ2n) is 9.83. The molecule has 3 aliphatic heterocycles. The lowest BCUT2D eigenvalue weighted by atomic mass is 9.91. The minimum atomic E-state index is 0.313. The maximum atomic E-state index is 5.39. The number of likely N-dealkylation sites (tertiary alicyclic amines) is 1. The Hall–Kier alpha value is -2.48. The molecule has 6 heterocycles. The fraction of sp³-hybridized carbons (Fsp3) is 0.538. The van der Waals surface area contributed by atoms with E-state index < -0.39 is 0 Å². The van der Waals surface area contributed by atoms with Crippen molar-refractivity contribution >= 4 is 11.5 Å². The molecular weight excluding hydrogens is 412 g/mol. The number of aryl methyl sites for hydroxylation is 1. The van der Waals surface area contributed by atoms with Gasteiger partial charge >= 0.3 is 0 Å². The number of piperazine rings is 1. The average Bonchev–Trinajstić information content (AvgIpc) is 3.23. The number of hydrogen-bond acceptors (Lipinski definition) is 6. The molecule has 0 N–H and O–H groups in total. The summed E-state index contributed by atoms with van der Waals surface area (Å²) in [4.78, 5) is 17.4. The fourth-order valence-electron chi connectivity index (χ4n) is 5.85. The molecule has 3 fully saturated rings. The maximum Gasteiger partial charge on any atom is 0.138 e. The molecule has 0 aliphatic carbocycles. The van der Waals surface area contributed by atoms with Crippen LogP contribution in [0, 0.1) is 6.92 Å². The Bertz CT molecular complexity index is 1120. The molecule has 7 nitrogen and oxygen atoms in total. The van der Waals surface area contributed by atoms with Gasteiger partial charge in [-0.3, -0.25) is 19.2 Å². The van der Waals surface area contributed by atoms with Crippen molar-refractivity contribution in [3.8, 4) is 0 Å². The predicted molar refractivity (Wildman–Crippen MR) is 130 cm³/mol. The lowest BCUT2D eigenvalue weighted by Gasteiger charge is -2.43. The predicted octanol–water partition coefficient (Wildman–Crippen LogP) is 3.46. The summed E-state index contributed by atoms with van der Waals surface area (Å²) < 4.78 is 7.70. The standard InChI is InChI=1S/C26H34N6O/c1-19-6-5-11-27-26(19)23-8-3-7-22(29(23)2)21-16-32-24(28-21)9-4-10-25(32)31-14-12-30(13-15-31)20-17-33-18-20/h4-6,9-11,16,20,22-23H,3,7-8,12-15,17-18H2,1-2H3/t22?,23-/m0/s1. The number of piperidine rings is 1. The molecule has 3 aromatic heterocycles. The minimum Gasteiger partial charge on any atom is -0.378 e. The fourth-order valence-corrected chi connectivity index (χ4v) is 5.85. The molecule has 3 aromatic rings. The zero-order valence-corrected chi connectivity index (χ0v) is 19.7. The van der Waals surface area contributed by atoms with Crippen LogP contribution in [0.15, 0.2) is 42.7 Å². The van der Waals surface area contributed by atoms with Gasteiger partial charge in [0, 0.05) is 38.6 Å². The molecule has 6 rings (SSSR count). The molecule has 1 unspecified atom stereocenters. The monoisotopic (exact) mass is 446 g/mol. The van der Waals surface area contributed by atoms with Crippen molar-refractivity contribution in [3.63, 3.8) is 0 Å². The van der Waals surface area contributed by atoms with Crippen LogP contribution in [0.1, 0.15) is 48.3 Å². The topological polar surface area (TPSA) is 49.1 Å². The third kappa shape index (κ3) is 3.82. The van der Waals surface area contributed by atoms with Gasteiger partial charge < -0.3 is 9.64 Å². The summed E-state index contributed by atoms with van der Waals surface area (Å²) in [7, 11) is 2.25. The van der Waals surface area contributed by atoms with Crippen LogP contribution in [0.2, 0.25) is 0 Å². The van der Waals surface area contributed by atoms with Gasteiger partial charge in [-0.05, 0) is 57.0 Å². The number of ether oxygens (including phenoxy) is 1. The van der Waals surface area contributed by atoms with Crippen molar-refractivity contribution in [1.29, 1.82) is 0 Å². The number of imidazole rings is 1. The summed E-state index contributed by atoms with van der Waals surface area (Å²) in [6, 6.07) is 12.0. The molecular formula is C26H34N6O. The number of nitrogens with zero attached hydrogens (tertiary/aromatic N) is 6. The van der Waals surface area contributed by atoms with E-state index in [1.54, 1.807) is 0 Å². The van der Waals surface area contributed by atoms with Crippen LogP contribution in [0.25, 0.3) is 5.65 Å². The first-order valence-electron chi connectivity index (χ1n) is 12.4. The van der Waals surface area contributed by atoms with Crippen molar-refractivity contribution < 1.29 is 4.74 Å². The Morgan fingerprint density at radius 1 is 0.970 bits per heavy atom. The lowest BCUT2D eigenvalue weighted by Crippen LogP contribution is -2.56. The summed E-state index contributed by atoms with van der Waals surface area (Å²) in [5, 5.41) is 0. The molecule has 33 heavy (non-hydrogen) atoms. The van der Waals surface area contributed by atoms with E-state index in [1.165, 1.54) is 29.2 Å². The zero-order chi connectivity index (χ0) is 22.4. The van der Waals surface area contributed by atoms with Crippen LogP contribution in [0.3, 0.4) is 0 Å². The molecule has 2 atom stereocenters. The van der Waals surface area contributed by atoms with E-state index in [9.17, 15) is 0 Å². The third-order valence-corrected chi connectivity index (χ3v) is 7.91. The van der Waals surface area contributed by atoms with Gasteiger partial charge in [0.1, 0.15) is 11.5 Å². The first-order valence-corrected chi connectivity index (χ1v) is 12.4. The second-order valence-corrected chi connectivity index (χ2v) is 9.83. The highest BCUT2D eigenvalue weighted by Crippen LogP contribution is 2.40. The van der Waals surface area contributed by atoms with Crippen LogP contribution in [0.4, 0.5) is 5.82 Å². The van der Waals surface area contributed by atoms with Gasteiger partial charge in [-0.15, -0.1) is 0 Å². The summed E-state index contributed by atoms with van der Waals surface area (Å²) in [6.45, 7) is 8.27. The van der Waals surface area contributed by atoms with Gasteiger partial charge in [-0.2, -0.15) is 0 Å². The Morgan fingerprint density at radius 2 is 1.79 bits per heavy atom. The first kappa shape index (κ1) is 21.1. The smallest absolute Gasteiger partial charge is 0.138 e. The van der Waals surface area contributed by atoms with E-state index in [0.717, 1.165) is 57.9 Å². The second kappa shape index (κ2) is 8.70. The summed E-state index contributed by atoms with van der Waals surface area (Å²) in [6.07, 6.45) is 7.70. The number of aromatic nitrogens is 3. The van der Waals surface area contributed by atoms with Crippen molar-refractivity contribution in [2.75, 3.05) is 51.3 Å². The van der Waals surface area contributed by atoms with Crippen LogP contribution in [-0.2, 0) is 4.74 Å². The maximum absolute atomic E-state index is 5.39. The lowest BCUT2D eigenvalue weighted by molar-refractivity contribution is -0.0661. The Balaban J connectivity index is 1.25. The molecule has 3 aliphatic rings. The third-order valence-electron chi connectivity index (χ3n) is 7.91. The number of anilines is 1. The Morgan fingerprint density at radius 3 is 2.55 bits per heavy atom. The van der Waals surface area contributed by atoms with Gasteiger partial charge in [0.25, 0.3) is 0 Å². The van der Waals surface area contributed by atoms with Gasteiger partial charge in [-0.25, -0.2) is 4.98 Å². The van der Waals surface area contributed by atoms with Crippen molar-refractivity contribution in [2.24, 2.45) is 0 Å². The minimum absolute atomic E-state index is 0.313. The van der Waals surface area contributed by atoms with Gasteiger partial charge in [-0.1, -0.05) is 12.1 Å². The quantitative estimate of drug-likeness (QED) is 0.612. The first-order chi connectivity index (χ1) is 16.2. The molecule has 3 saturated heterocycles. The highest BCUT2D eigenvalue weighted by molar-refractivity contribution is 5.53. The summed E-state index contributed by atoms with van der Waals surface area (Å²) in [5.41, 5.74) is 4.71. The van der Waals surface area contributed by atoms with E-state index in [2.05, 4.69) is 63.5 Å². The largest absolute Gasteiger partial charge is 0.378 e. The Kier molecular flexibility index (Phi) is 5.56. The number of pyridine rings is 2. The van der Waals surface area contributed by atoms with Gasteiger partial charge in [0.15, 0.2) is 0 Å². The van der Waals surface area contributed by atoms with Crippen LogP contribution < -0.4 is 4.90 Å². The average molecular weight is 447 g/mol.